The van der Waals surface area contributed by atoms with E-state index in [2.05, 4.69) is 16.0 Å². The molecule has 4 amide bonds. The summed E-state index contributed by atoms with van der Waals surface area (Å²) in [5, 5.41) is 7.81. The van der Waals surface area contributed by atoms with E-state index in [0.717, 1.165) is 32.1 Å². The highest BCUT2D eigenvalue weighted by atomic mass is 35.5. The van der Waals surface area contributed by atoms with Crippen molar-refractivity contribution in [2.24, 2.45) is 0 Å². The van der Waals surface area contributed by atoms with Crippen molar-refractivity contribution in [1.82, 2.24) is 16.0 Å². The molecule has 1 fully saturated rings. The lowest BCUT2D eigenvalue weighted by Gasteiger charge is -2.22. The largest absolute Gasteiger partial charge is 0.454 e. The van der Waals surface area contributed by atoms with Gasteiger partial charge in [-0.15, -0.1) is 0 Å². The van der Waals surface area contributed by atoms with E-state index < -0.39 is 36.5 Å². The fourth-order valence-corrected chi connectivity index (χ4v) is 2.96. The fourth-order valence-electron chi connectivity index (χ4n) is 2.83. The third-order valence-corrected chi connectivity index (χ3v) is 4.60. The first kappa shape index (κ1) is 21.7. The number of carbonyl (C=O) groups excluding carboxylic acids is 4. The number of hydrogen-bond acceptors (Lipinski definition) is 5. The molecule has 9 heteroatoms. The van der Waals surface area contributed by atoms with Crippen molar-refractivity contribution in [1.29, 1.82) is 0 Å². The van der Waals surface area contributed by atoms with Gasteiger partial charge < -0.3 is 15.4 Å². The highest BCUT2D eigenvalue weighted by molar-refractivity contribution is 6.30. The second-order valence-electron chi connectivity index (χ2n) is 6.67. The van der Waals surface area contributed by atoms with Crippen molar-refractivity contribution in [3.63, 3.8) is 0 Å². The van der Waals surface area contributed by atoms with E-state index in [9.17, 15) is 19.2 Å². The number of nitrogens with one attached hydrogen (secondary N) is 3. The third kappa shape index (κ3) is 7.19. The highest BCUT2D eigenvalue weighted by Gasteiger charge is 2.21. The summed E-state index contributed by atoms with van der Waals surface area (Å²) < 4.78 is 4.85. The lowest BCUT2D eigenvalue weighted by Crippen LogP contribution is -2.47. The summed E-state index contributed by atoms with van der Waals surface area (Å²) in [5.74, 6) is -2.00. The number of ether oxygens (including phenoxy) is 1. The van der Waals surface area contributed by atoms with Gasteiger partial charge in [0.2, 0.25) is 0 Å². The molecule has 3 N–H and O–H groups in total. The number of rotatable bonds is 6. The molecule has 1 aromatic rings. The number of benzene rings is 1. The third-order valence-electron chi connectivity index (χ3n) is 4.35. The standard InChI is InChI=1S/C19H24ClN3O5/c1-12(21-17(25)13-7-9-14(20)10-8-13)18(26)28-11-16(24)23-19(27)22-15-5-3-2-4-6-15/h7-10,12,15H,2-6,11H2,1H3,(H,21,25)(H2,22,23,24,27)/t12-/m0/s1. The van der Waals surface area contributed by atoms with Crippen molar-refractivity contribution >= 4 is 35.4 Å². The summed E-state index contributed by atoms with van der Waals surface area (Å²) >= 11 is 5.76. The molecule has 0 aromatic heterocycles. The van der Waals surface area contributed by atoms with E-state index in [1.54, 1.807) is 12.1 Å². The number of urea groups is 1. The summed E-state index contributed by atoms with van der Waals surface area (Å²) in [4.78, 5) is 47.5. The Bertz CT molecular complexity index is 717. The van der Waals surface area contributed by atoms with Crippen LogP contribution in [0, 0.1) is 0 Å². The maximum atomic E-state index is 12.0. The van der Waals surface area contributed by atoms with Gasteiger partial charge >= 0.3 is 12.0 Å². The predicted octanol–water partition coefficient (Wildman–Crippen LogP) is 2.16. The van der Waals surface area contributed by atoms with Gasteiger partial charge in [-0.2, -0.15) is 0 Å². The zero-order valence-electron chi connectivity index (χ0n) is 15.6. The van der Waals surface area contributed by atoms with Crippen LogP contribution in [0.25, 0.3) is 0 Å². The van der Waals surface area contributed by atoms with Gasteiger partial charge in [-0.3, -0.25) is 14.9 Å². The lowest BCUT2D eigenvalue weighted by molar-refractivity contribution is -0.149. The van der Waals surface area contributed by atoms with Gasteiger partial charge in [-0.1, -0.05) is 30.9 Å². The van der Waals surface area contributed by atoms with Crippen LogP contribution in [0.2, 0.25) is 5.02 Å². The maximum absolute atomic E-state index is 12.0. The Hall–Kier alpha value is -2.61. The van der Waals surface area contributed by atoms with Gasteiger partial charge in [0.25, 0.3) is 11.8 Å². The molecule has 0 saturated heterocycles. The Kier molecular flexibility index (Phi) is 8.25. The molecule has 8 nitrogen and oxygen atoms in total. The van der Waals surface area contributed by atoms with E-state index in [4.69, 9.17) is 16.3 Å². The van der Waals surface area contributed by atoms with Crippen LogP contribution in [0.3, 0.4) is 0 Å². The monoisotopic (exact) mass is 409 g/mol. The van der Waals surface area contributed by atoms with Crippen LogP contribution in [-0.2, 0) is 14.3 Å². The number of carbonyl (C=O) groups is 4. The Morgan fingerprint density at radius 1 is 1.11 bits per heavy atom. The minimum absolute atomic E-state index is 0.0622. The van der Waals surface area contributed by atoms with Crippen LogP contribution in [0.4, 0.5) is 4.79 Å². The summed E-state index contributed by atoms with van der Waals surface area (Å²) in [6.07, 6.45) is 5.04. The van der Waals surface area contributed by atoms with Gasteiger partial charge in [-0.05, 0) is 44.0 Å². The van der Waals surface area contributed by atoms with Gasteiger partial charge in [-0.25, -0.2) is 9.59 Å². The van der Waals surface area contributed by atoms with Gasteiger partial charge in [0.1, 0.15) is 6.04 Å². The quantitative estimate of drug-likeness (QED) is 0.623. The normalized spacial score (nSPS) is 15.2. The van der Waals surface area contributed by atoms with Gasteiger partial charge in [0.05, 0.1) is 0 Å². The van der Waals surface area contributed by atoms with E-state index in [0.29, 0.717) is 10.6 Å². The van der Waals surface area contributed by atoms with Gasteiger partial charge in [0.15, 0.2) is 6.61 Å². The lowest BCUT2D eigenvalue weighted by atomic mass is 9.96. The molecule has 0 bridgehead atoms. The first-order chi connectivity index (χ1) is 13.3. The summed E-state index contributed by atoms with van der Waals surface area (Å²) in [6.45, 7) is 0.821. The molecular weight excluding hydrogens is 386 g/mol. The molecule has 1 saturated carbocycles. The number of esters is 1. The molecule has 1 aliphatic rings. The molecule has 152 valence electrons. The van der Waals surface area contributed by atoms with Crippen molar-refractivity contribution in [2.75, 3.05) is 6.61 Å². The smallest absolute Gasteiger partial charge is 0.328 e. The molecule has 0 spiro atoms. The minimum atomic E-state index is -0.966. The number of hydrogen-bond donors (Lipinski definition) is 3. The molecular formula is C19H24ClN3O5. The van der Waals surface area contributed by atoms with Crippen LogP contribution >= 0.6 is 11.6 Å². The predicted molar refractivity (Wildman–Crippen MR) is 103 cm³/mol. The minimum Gasteiger partial charge on any atom is -0.454 e. The molecule has 1 aliphatic carbocycles. The Balaban J connectivity index is 1.69. The van der Waals surface area contributed by atoms with Crippen LogP contribution in [0.1, 0.15) is 49.4 Å². The second-order valence-corrected chi connectivity index (χ2v) is 7.10. The molecule has 1 aromatic carbocycles. The Labute approximate surface area is 168 Å². The van der Waals surface area contributed by atoms with Crippen molar-refractivity contribution < 1.29 is 23.9 Å². The average molecular weight is 410 g/mol. The SMILES string of the molecule is C[C@H](NC(=O)c1ccc(Cl)cc1)C(=O)OCC(=O)NC(=O)NC1CCCCC1. The van der Waals surface area contributed by atoms with Crippen LogP contribution < -0.4 is 16.0 Å². The molecule has 0 aliphatic heterocycles. The highest BCUT2D eigenvalue weighted by Crippen LogP contribution is 2.17. The van der Waals surface area contributed by atoms with Gasteiger partial charge in [0, 0.05) is 16.6 Å². The summed E-state index contributed by atoms with van der Waals surface area (Å²) in [5.41, 5.74) is 0.334. The zero-order valence-corrected chi connectivity index (χ0v) is 16.4. The fraction of sp³-hybridized carbons (Fsp3) is 0.474. The van der Waals surface area contributed by atoms with Crippen molar-refractivity contribution in [3.05, 3.63) is 34.9 Å². The molecule has 0 radical (unpaired) electrons. The summed E-state index contributed by atoms with van der Waals surface area (Å²) in [6, 6.07) is 4.66. The second kappa shape index (κ2) is 10.7. The first-order valence-electron chi connectivity index (χ1n) is 9.18. The van der Waals surface area contributed by atoms with E-state index in [1.165, 1.54) is 19.1 Å². The molecule has 0 unspecified atom stereocenters. The maximum Gasteiger partial charge on any atom is 0.328 e. The number of imide groups is 1. The topological polar surface area (TPSA) is 114 Å². The van der Waals surface area contributed by atoms with E-state index in [1.807, 2.05) is 0 Å². The van der Waals surface area contributed by atoms with Crippen LogP contribution in [-0.4, -0.2) is 42.5 Å². The van der Waals surface area contributed by atoms with E-state index >= 15 is 0 Å². The van der Waals surface area contributed by atoms with Crippen molar-refractivity contribution in [2.45, 2.75) is 51.1 Å². The Morgan fingerprint density at radius 3 is 2.39 bits per heavy atom. The molecule has 1 atom stereocenters. The molecule has 28 heavy (non-hydrogen) atoms. The first-order valence-corrected chi connectivity index (χ1v) is 9.56. The van der Waals surface area contributed by atoms with E-state index in [-0.39, 0.29) is 6.04 Å². The molecule has 2 rings (SSSR count). The van der Waals surface area contributed by atoms with Crippen LogP contribution in [0.5, 0.6) is 0 Å². The number of halogens is 1. The number of amides is 4. The Morgan fingerprint density at radius 2 is 1.75 bits per heavy atom. The van der Waals surface area contributed by atoms with Crippen LogP contribution in [0.15, 0.2) is 24.3 Å². The molecule has 0 heterocycles. The van der Waals surface area contributed by atoms with Crippen molar-refractivity contribution in [3.8, 4) is 0 Å². The summed E-state index contributed by atoms with van der Waals surface area (Å²) in [7, 11) is 0. The average Bonchev–Trinajstić information content (AvgIpc) is 2.67. The zero-order chi connectivity index (χ0) is 20.5.